The van der Waals surface area contributed by atoms with Crippen molar-refractivity contribution in [2.24, 2.45) is 5.73 Å². The molecule has 0 unspecified atom stereocenters. The Labute approximate surface area is 143 Å². The SMILES string of the molecule is C[C@@H](S[C@H]1Cc2cc(Cl)ccc2Sc2ccccc21)C(N)=O. The number of rotatable bonds is 3. The van der Waals surface area contributed by atoms with Gasteiger partial charge in [0.15, 0.2) is 0 Å². The number of benzene rings is 2. The Balaban J connectivity index is 2.02. The molecule has 2 N–H and O–H groups in total. The van der Waals surface area contributed by atoms with E-state index in [1.807, 2.05) is 31.2 Å². The molecule has 1 heterocycles. The lowest BCUT2D eigenvalue weighted by atomic mass is 10.0. The molecule has 0 aliphatic carbocycles. The van der Waals surface area contributed by atoms with Gasteiger partial charge in [-0.1, -0.05) is 41.6 Å². The molecule has 2 nitrogen and oxygen atoms in total. The van der Waals surface area contributed by atoms with E-state index >= 15 is 0 Å². The van der Waals surface area contributed by atoms with Crippen LogP contribution < -0.4 is 5.73 Å². The molecule has 0 saturated carbocycles. The third-order valence-electron chi connectivity index (χ3n) is 3.68. The van der Waals surface area contributed by atoms with Gasteiger partial charge in [0.2, 0.25) is 5.91 Å². The smallest absolute Gasteiger partial charge is 0.230 e. The molecule has 1 aliphatic rings. The van der Waals surface area contributed by atoms with E-state index in [2.05, 4.69) is 18.2 Å². The second-order valence-corrected chi connectivity index (χ2v) is 8.33. The number of amides is 1. The number of halogens is 1. The zero-order valence-corrected chi connectivity index (χ0v) is 14.5. The predicted molar refractivity (Wildman–Crippen MR) is 94.7 cm³/mol. The molecule has 0 bridgehead atoms. The summed E-state index contributed by atoms with van der Waals surface area (Å²) < 4.78 is 0. The van der Waals surface area contributed by atoms with Crippen LogP contribution in [-0.2, 0) is 11.2 Å². The Kier molecular flexibility index (Phi) is 4.71. The number of hydrogen-bond acceptors (Lipinski definition) is 3. The average Bonchev–Trinajstić information content (AvgIpc) is 2.63. The largest absolute Gasteiger partial charge is 0.369 e. The maximum atomic E-state index is 11.4. The van der Waals surface area contributed by atoms with Crippen LogP contribution in [0.3, 0.4) is 0 Å². The molecule has 1 aliphatic heterocycles. The van der Waals surface area contributed by atoms with E-state index in [0.29, 0.717) is 0 Å². The zero-order valence-electron chi connectivity index (χ0n) is 12.1. The molecule has 2 aromatic carbocycles. The summed E-state index contributed by atoms with van der Waals surface area (Å²) >= 11 is 9.54. The van der Waals surface area contributed by atoms with Gasteiger partial charge in [0.05, 0.1) is 5.25 Å². The average molecular weight is 350 g/mol. The summed E-state index contributed by atoms with van der Waals surface area (Å²) in [6, 6.07) is 14.4. The summed E-state index contributed by atoms with van der Waals surface area (Å²) in [6.45, 7) is 1.87. The first-order valence-corrected chi connectivity index (χ1v) is 9.18. The fourth-order valence-electron chi connectivity index (χ4n) is 2.51. The van der Waals surface area contributed by atoms with Gasteiger partial charge in [0.25, 0.3) is 0 Å². The number of carbonyl (C=O) groups is 1. The molecule has 0 saturated heterocycles. The fourth-order valence-corrected chi connectivity index (χ4v) is 5.15. The third kappa shape index (κ3) is 3.29. The molecule has 0 fully saturated rings. The van der Waals surface area contributed by atoms with Gasteiger partial charge < -0.3 is 5.73 Å². The Morgan fingerprint density at radius 3 is 2.86 bits per heavy atom. The van der Waals surface area contributed by atoms with E-state index in [1.165, 1.54) is 20.9 Å². The van der Waals surface area contributed by atoms with Crippen LogP contribution >= 0.6 is 35.1 Å². The van der Waals surface area contributed by atoms with Gasteiger partial charge in [-0.3, -0.25) is 4.79 Å². The van der Waals surface area contributed by atoms with Crippen molar-refractivity contribution in [3.05, 3.63) is 58.6 Å². The van der Waals surface area contributed by atoms with Crippen LogP contribution in [0.5, 0.6) is 0 Å². The first kappa shape index (κ1) is 15.8. The van der Waals surface area contributed by atoms with Gasteiger partial charge in [-0.15, -0.1) is 11.8 Å². The molecule has 0 spiro atoms. The van der Waals surface area contributed by atoms with Crippen molar-refractivity contribution >= 4 is 41.0 Å². The molecule has 1 amide bonds. The fraction of sp³-hybridized carbons (Fsp3) is 0.235. The molecule has 0 radical (unpaired) electrons. The summed E-state index contributed by atoms with van der Waals surface area (Å²) in [6.07, 6.45) is 0.849. The van der Waals surface area contributed by atoms with Crippen molar-refractivity contribution in [2.75, 3.05) is 0 Å². The number of primary amides is 1. The van der Waals surface area contributed by atoms with E-state index in [4.69, 9.17) is 17.3 Å². The van der Waals surface area contributed by atoms with Gasteiger partial charge >= 0.3 is 0 Å². The quantitative estimate of drug-likeness (QED) is 0.873. The molecule has 114 valence electrons. The highest BCUT2D eigenvalue weighted by molar-refractivity contribution is 8.01. The van der Waals surface area contributed by atoms with Crippen molar-refractivity contribution in [3.8, 4) is 0 Å². The Morgan fingerprint density at radius 2 is 2.09 bits per heavy atom. The van der Waals surface area contributed by atoms with Crippen molar-refractivity contribution in [2.45, 2.75) is 33.6 Å². The molecular formula is C17H16ClNOS2. The minimum atomic E-state index is -0.273. The van der Waals surface area contributed by atoms with E-state index in [9.17, 15) is 4.79 Å². The van der Waals surface area contributed by atoms with Crippen molar-refractivity contribution in [3.63, 3.8) is 0 Å². The standard InChI is InChI=1S/C17H16ClNOS2/c1-10(17(19)20)21-16-9-11-8-12(18)6-7-14(11)22-15-5-3-2-4-13(15)16/h2-8,10,16H,9H2,1H3,(H2,19,20)/t10-,16+/m1/s1. The van der Waals surface area contributed by atoms with Gasteiger partial charge in [-0.05, 0) is 48.7 Å². The Bertz CT molecular complexity index is 720. The molecule has 2 atom stereocenters. The van der Waals surface area contributed by atoms with Gasteiger partial charge in [0, 0.05) is 20.1 Å². The van der Waals surface area contributed by atoms with E-state index < -0.39 is 0 Å². The second-order valence-electron chi connectivity index (χ2n) is 5.27. The molecule has 0 aromatic heterocycles. The van der Waals surface area contributed by atoms with Gasteiger partial charge in [0.1, 0.15) is 0 Å². The molecule has 22 heavy (non-hydrogen) atoms. The highest BCUT2D eigenvalue weighted by Crippen LogP contribution is 2.47. The predicted octanol–water partition coefficient (Wildman–Crippen LogP) is 4.70. The first-order chi connectivity index (χ1) is 10.5. The van der Waals surface area contributed by atoms with Gasteiger partial charge in [-0.2, -0.15) is 0 Å². The maximum absolute atomic E-state index is 11.4. The number of nitrogens with two attached hydrogens (primary N) is 1. The molecular weight excluding hydrogens is 334 g/mol. The van der Waals surface area contributed by atoms with Crippen LogP contribution in [0.4, 0.5) is 0 Å². The van der Waals surface area contributed by atoms with Crippen LogP contribution in [-0.4, -0.2) is 11.2 Å². The highest BCUT2D eigenvalue weighted by Gasteiger charge is 2.26. The maximum Gasteiger partial charge on any atom is 0.230 e. The summed E-state index contributed by atoms with van der Waals surface area (Å²) in [7, 11) is 0. The number of hydrogen-bond donors (Lipinski definition) is 1. The lowest BCUT2D eigenvalue weighted by Gasteiger charge is -2.19. The lowest BCUT2D eigenvalue weighted by molar-refractivity contribution is -0.117. The number of fused-ring (bicyclic) bond motifs is 2. The molecule has 2 aromatic rings. The lowest BCUT2D eigenvalue weighted by Crippen LogP contribution is -2.24. The minimum absolute atomic E-state index is 0.200. The number of carbonyl (C=O) groups excluding carboxylic acids is 1. The summed E-state index contributed by atoms with van der Waals surface area (Å²) in [5.74, 6) is -0.273. The zero-order chi connectivity index (χ0) is 15.7. The van der Waals surface area contributed by atoms with E-state index in [1.54, 1.807) is 23.5 Å². The monoisotopic (exact) mass is 349 g/mol. The topological polar surface area (TPSA) is 43.1 Å². The normalized spacial score (nSPS) is 18.0. The summed E-state index contributed by atoms with van der Waals surface area (Å²) in [5, 5.41) is 0.728. The minimum Gasteiger partial charge on any atom is -0.369 e. The Morgan fingerprint density at radius 1 is 1.32 bits per heavy atom. The van der Waals surface area contributed by atoms with Crippen LogP contribution in [0.15, 0.2) is 52.3 Å². The van der Waals surface area contributed by atoms with Crippen LogP contribution in [0, 0.1) is 0 Å². The molecule has 3 rings (SSSR count). The second kappa shape index (κ2) is 6.57. The van der Waals surface area contributed by atoms with Crippen molar-refractivity contribution < 1.29 is 4.79 Å². The van der Waals surface area contributed by atoms with E-state index in [0.717, 1.165) is 11.4 Å². The first-order valence-electron chi connectivity index (χ1n) is 7.04. The number of thioether (sulfide) groups is 1. The van der Waals surface area contributed by atoms with Crippen LogP contribution in [0.2, 0.25) is 5.02 Å². The Hall–Kier alpha value is -1.10. The van der Waals surface area contributed by atoms with Crippen LogP contribution in [0.1, 0.15) is 23.3 Å². The van der Waals surface area contributed by atoms with E-state index in [-0.39, 0.29) is 16.4 Å². The third-order valence-corrected chi connectivity index (χ3v) is 6.52. The van der Waals surface area contributed by atoms with Crippen molar-refractivity contribution in [1.29, 1.82) is 0 Å². The van der Waals surface area contributed by atoms with Crippen molar-refractivity contribution in [1.82, 2.24) is 0 Å². The summed E-state index contributed by atoms with van der Waals surface area (Å²) in [4.78, 5) is 13.9. The molecule has 5 heteroatoms. The summed E-state index contributed by atoms with van der Waals surface area (Å²) in [5.41, 5.74) is 7.93. The highest BCUT2D eigenvalue weighted by atomic mass is 35.5. The van der Waals surface area contributed by atoms with Gasteiger partial charge in [-0.25, -0.2) is 0 Å². The van der Waals surface area contributed by atoms with Crippen LogP contribution in [0.25, 0.3) is 0 Å².